The zero-order chi connectivity index (χ0) is 24.8. The van der Waals surface area contributed by atoms with E-state index in [0.29, 0.717) is 39.2 Å². The summed E-state index contributed by atoms with van der Waals surface area (Å²) in [5.74, 6) is -0.147. The summed E-state index contributed by atoms with van der Waals surface area (Å²) in [6, 6.07) is 18.0. The van der Waals surface area contributed by atoms with Gasteiger partial charge in [-0.1, -0.05) is 64.1 Å². The van der Waals surface area contributed by atoms with Crippen LogP contribution in [-0.2, 0) is 4.74 Å². The lowest BCUT2D eigenvalue weighted by atomic mass is 9.96. The van der Waals surface area contributed by atoms with E-state index in [1.54, 1.807) is 31.2 Å². The van der Waals surface area contributed by atoms with Crippen molar-refractivity contribution in [1.82, 2.24) is 4.98 Å². The Kier molecular flexibility index (Phi) is 8.38. The fourth-order valence-corrected chi connectivity index (χ4v) is 5.37. The van der Waals surface area contributed by atoms with Gasteiger partial charge in [0.05, 0.1) is 23.4 Å². The van der Waals surface area contributed by atoms with Gasteiger partial charge in [0.15, 0.2) is 0 Å². The lowest BCUT2D eigenvalue weighted by Crippen LogP contribution is -2.12. The first-order valence-electron chi connectivity index (χ1n) is 11.0. The number of benzene rings is 3. The molecule has 0 saturated carbocycles. The van der Waals surface area contributed by atoms with E-state index in [4.69, 9.17) is 14.8 Å². The first-order chi connectivity index (χ1) is 17.0. The van der Waals surface area contributed by atoms with Crippen molar-refractivity contribution in [2.24, 2.45) is 0 Å². The van der Waals surface area contributed by atoms with Crippen molar-refractivity contribution in [1.29, 1.82) is 0 Å². The van der Waals surface area contributed by atoms with Crippen molar-refractivity contribution < 1.29 is 23.4 Å². The highest BCUT2D eigenvalue weighted by Gasteiger charge is 2.21. The SMILES string of the molecule is Cc1c(-c2ccc(-c3ccccc3F)cc2)nc2ccc(F)cc2c1C(=O)OCCSSCCO. The lowest BCUT2D eigenvalue weighted by Gasteiger charge is -2.15. The van der Waals surface area contributed by atoms with E-state index in [1.165, 1.54) is 39.8 Å². The zero-order valence-corrected chi connectivity index (χ0v) is 20.6. The largest absolute Gasteiger partial charge is 0.461 e. The number of halogens is 2. The summed E-state index contributed by atoms with van der Waals surface area (Å²) in [5.41, 5.74) is 3.87. The number of aliphatic hydroxyl groups excluding tert-OH is 1. The van der Waals surface area contributed by atoms with Gasteiger partial charge in [-0.25, -0.2) is 18.6 Å². The molecule has 0 unspecified atom stereocenters. The summed E-state index contributed by atoms with van der Waals surface area (Å²) in [6.07, 6.45) is 0. The molecular formula is C27H23F2NO3S2. The van der Waals surface area contributed by atoms with Crippen molar-refractivity contribution in [3.05, 3.63) is 89.5 Å². The van der Waals surface area contributed by atoms with Gasteiger partial charge in [-0.15, -0.1) is 0 Å². The molecule has 0 amide bonds. The molecule has 0 atom stereocenters. The van der Waals surface area contributed by atoms with E-state index in [2.05, 4.69) is 0 Å². The minimum Gasteiger partial charge on any atom is -0.461 e. The number of aromatic nitrogens is 1. The van der Waals surface area contributed by atoms with E-state index in [1.807, 2.05) is 24.3 Å². The number of ether oxygens (including phenoxy) is 1. The van der Waals surface area contributed by atoms with Gasteiger partial charge in [0.25, 0.3) is 0 Å². The predicted molar refractivity (Wildman–Crippen MR) is 140 cm³/mol. The first-order valence-corrected chi connectivity index (χ1v) is 13.5. The Morgan fingerprint density at radius 1 is 0.971 bits per heavy atom. The third-order valence-electron chi connectivity index (χ3n) is 5.40. The Bertz CT molecular complexity index is 1350. The molecule has 0 aliphatic rings. The highest BCUT2D eigenvalue weighted by molar-refractivity contribution is 8.76. The van der Waals surface area contributed by atoms with E-state index in [9.17, 15) is 13.6 Å². The van der Waals surface area contributed by atoms with Crippen LogP contribution in [0.25, 0.3) is 33.3 Å². The Hall–Kier alpha value is -2.94. The van der Waals surface area contributed by atoms with Crippen molar-refractivity contribution in [2.45, 2.75) is 6.92 Å². The Labute approximate surface area is 210 Å². The Morgan fingerprint density at radius 3 is 2.43 bits per heavy atom. The average Bonchev–Trinajstić information content (AvgIpc) is 2.86. The molecule has 0 fully saturated rings. The normalized spacial score (nSPS) is 11.1. The Balaban J connectivity index is 1.68. The highest BCUT2D eigenvalue weighted by Crippen LogP contribution is 2.32. The molecule has 4 nitrogen and oxygen atoms in total. The molecule has 0 spiro atoms. The van der Waals surface area contributed by atoms with Gasteiger partial charge in [-0.2, -0.15) is 0 Å². The van der Waals surface area contributed by atoms with E-state index in [0.717, 1.165) is 11.1 Å². The lowest BCUT2D eigenvalue weighted by molar-refractivity contribution is 0.0532. The third kappa shape index (κ3) is 5.83. The molecule has 1 N–H and O–H groups in total. The van der Waals surface area contributed by atoms with Gasteiger partial charge in [0.2, 0.25) is 0 Å². The molecule has 4 aromatic rings. The fourth-order valence-electron chi connectivity index (χ4n) is 3.77. The second-order valence-electron chi connectivity index (χ2n) is 7.68. The van der Waals surface area contributed by atoms with Crippen molar-refractivity contribution in [2.75, 3.05) is 24.7 Å². The molecule has 0 aliphatic carbocycles. The van der Waals surface area contributed by atoms with Crippen molar-refractivity contribution in [3.8, 4) is 22.4 Å². The van der Waals surface area contributed by atoms with Gasteiger partial charge < -0.3 is 9.84 Å². The van der Waals surface area contributed by atoms with Gasteiger partial charge >= 0.3 is 5.97 Å². The number of pyridine rings is 1. The zero-order valence-electron chi connectivity index (χ0n) is 19.0. The molecule has 0 bridgehead atoms. The van der Waals surface area contributed by atoms with Gasteiger partial charge in [-0.05, 0) is 42.3 Å². The quantitative estimate of drug-likeness (QED) is 0.154. The number of rotatable bonds is 9. The number of fused-ring (bicyclic) bond motifs is 1. The minimum absolute atomic E-state index is 0.0925. The van der Waals surface area contributed by atoms with Crippen LogP contribution in [0, 0.1) is 18.6 Å². The van der Waals surface area contributed by atoms with E-state index < -0.39 is 11.8 Å². The first kappa shape index (κ1) is 25.2. The van der Waals surface area contributed by atoms with Crippen LogP contribution in [0.15, 0.2) is 66.7 Å². The maximum atomic E-state index is 14.2. The Morgan fingerprint density at radius 2 is 1.69 bits per heavy atom. The monoisotopic (exact) mass is 511 g/mol. The summed E-state index contributed by atoms with van der Waals surface area (Å²) in [4.78, 5) is 17.8. The van der Waals surface area contributed by atoms with Gasteiger partial charge in [0, 0.05) is 28.0 Å². The van der Waals surface area contributed by atoms with Crippen LogP contribution < -0.4 is 0 Å². The molecule has 4 rings (SSSR count). The van der Waals surface area contributed by atoms with Crippen LogP contribution in [-0.4, -0.2) is 40.8 Å². The topological polar surface area (TPSA) is 59.4 Å². The summed E-state index contributed by atoms with van der Waals surface area (Å²) < 4.78 is 33.7. The van der Waals surface area contributed by atoms with Crippen LogP contribution in [0.3, 0.4) is 0 Å². The van der Waals surface area contributed by atoms with Crippen LogP contribution >= 0.6 is 21.6 Å². The number of carbonyl (C=O) groups excluding carboxylic acids is 1. The number of nitrogens with zero attached hydrogens (tertiary/aromatic N) is 1. The molecule has 1 heterocycles. The van der Waals surface area contributed by atoms with Crippen LogP contribution in [0.4, 0.5) is 8.78 Å². The minimum atomic E-state index is -0.544. The van der Waals surface area contributed by atoms with E-state index >= 15 is 0 Å². The number of hydrogen-bond donors (Lipinski definition) is 1. The molecule has 1 aromatic heterocycles. The number of carbonyl (C=O) groups is 1. The average molecular weight is 512 g/mol. The molecular weight excluding hydrogens is 488 g/mol. The molecule has 0 aliphatic heterocycles. The van der Waals surface area contributed by atoms with Crippen LogP contribution in [0.1, 0.15) is 15.9 Å². The maximum absolute atomic E-state index is 14.2. The number of aliphatic hydroxyl groups is 1. The number of esters is 1. The second-order valence-corrected chi connectivity index (χ2v) is 10.4. The smallest absolute Gasteiger partial charge is 0.339 e. The third-order valence-corrected chi connectivity index (χ3v) is 7.74. The van der Waals surface area contributed by atoms with Crippen LogP contribution in [0.2, 0.25) is 0 Å². The van der Waals surface area contributed by atoms with E-state index in [-0.39, 0.29) is 24.6 Å². The van der Waals surface area contributed by atoms with Crippen molar-refractivity contribution >= 4 is 38.5 Å². The molecule has 0 saturated heterocycles. The highest BCUT2D eigenvalue weighted by atomic mass is 33.1. The second kappa shape index (κ2) is 11.7. The summed E-state index contributed by atoms with van der Waals surface area (Å²) in [7, 11) is 3.01. The molecule has 35 heavy (non-hydrogen) atoms. The summed E-state index contributed by atoms with van der Waals surface area (Å²) in [6.45, 7) is 2.04. The predicted octanol–water partition coefficient (Wildman–Crippen LogP) is 6.69. The molecule has 180 valence electrons. The van der Waals surface area contributed by atoms with Gasteiger partial charge in [-0.3, -0.25) is 0 Å². The molecule has 8 heteroatoms. The maximum Gasteiger partial charge on any atom is 0.339 e. The number of hydrogen-bond acceptors (Lipinski definition) is 6. The summed E-state index contributed by atoms with van der Waals surface area (Å²) in [5, 5.41) is 9.24. The standard InChI is InChI=1S/C27H23F2NO3S2/c1-17-25(27(32)33-13-15-35-34-14-12-31)22-16-20(28)10-11-24(22)30-26(17)19-8-6-18(7-9-19)21-4-2-3-5-23(21)29/h2-11,16,31H,12-15H2,1H3. The van der Waals surface area contributed by atoms with Crippen molar-refractivity contribution in [3.63, 3.8) is 0 Å². The molecule has 3 aromatic carbocycles. The van der Waals surface area contributed by atoms with Gasteiger partial charge in [0.1, 0.15) is 18.2 Å². The summed E-state index contributed by atoms with van der Waals surface area (Å²) >= 11 is 0. The van der Waals surface area contributed by atoms with Crippen LogP contribution in [0.5, 0.6) is 0 Å². The fraction of sp³-hybridized carbons (Fsp3) is 0.185. The molecule has 0 radical (unpaired) electrons.